The normalized spacial score (nSPS) is 9.41. The molecule has 124 valence electrons. The maximum Gasteiger partial charge on any atom is 0.241 e. The SMILES string of the molecule is COc1ccc(OCCN(C)C(=O)CNC(=O)CN)cc1.Cl. The topological polar surface area (TPSA) is 93.9 Å². The van der Waals surface area contributed by atoms with Crippen molar-refractivity contribution in [2.45, 2.75) is 0 Å². The van der Waals surface area contributed by atoms with Gasteiger partial charge < -0.3 is 25.4 Å². The van der Waals surface area contributed by atoms with Gasteiger partial charge in [-0.15, -0.1) is 12.4 Å². The number of nitrogens with zero attached hydrogens (tertiary/aromatic N) is 1. The molecule has 0 radical (unpaired) electrons. The molecule has 22 heavy (non-hydrogen) atoms. The van der Waals surface area contributed by atoms with Gasteiger partial charge in [-0.2, -0.15) is 0 Å². The molecule has 0 aromatic heterocycles. The Hall–Kier alpha value is -1.99. The Bertz CT molecular complexity index is 468. The van der Waals surface area contributed by atoms with Crippen LogP contribution in [0.4, 0.5) is 0 Å². The molecule has 0 atom stereocenters. The smallest absolute Gasteiger partial charge is 0.241 e. The summed E-state index contributed by atoms with van der Waals surface area (Å²) in [5, 5.41) is 2.42. The number of benzene rings is 1. The highest BCUT2D eigenvalue weighted by Gasteiger charge is 2.09. The number of carbonyl (C=O) groups excluding carboxylic acids is 2. The van der Waals surface area contributed by atoms with E-state index in [9.17, 15) is 9.59 Å². The maximum absolute atomic E-state index is 11.7. The second-order valence-corrected chi connectivity index (χ2v) is 4.32. The van der Waals surface area contributed by atoms with Gasteiger partial charge in [0.15, 0.2) is 0 Å². The summed E-state index contributed by atoms with van der Waals surface area (Å²) in [6, 6.07) is 7.18. The number of amides is 2. The summed E-state index contributed by atoms with van der Waals surface area (Å²) in [7, 11) is 3.24. The van der Waals surface area contributed by atoms with Crippen LogP contribution < -0.4 is 20.5 Å². The van der Waals surface area contributed by atoms with E-state index in [1.165, 1.54) is 4.90 Å². The lowest BCUT2D eigenvalue weighted by molar-refractivity contribution is -0.131. The summed E-state index contributed by atoms with van der Waals surface area (Å²) in [6.07, 6.45) is 0. The minimum absolute atomic E-state index is 0. The van der Waals surface area contributed by atoms with E-state index in [0.717, 1.165) is 5.75 Å². The van der Waals surface area contributed by atoms with Crippen LogP contribution in [0.2, 0.25) is 0 Å². The predicted octanol–water partition coefficient (Wildman–Crippen LogP) is 0.0291. The molecular formula is C14H22ClN3O4. The average molecular weight is 332 g/mol. The lowest BCUT2D eigenvalue weighted by Crippen LogP contribution is -2.41. The van der Waals surface area contributed by atoms with Crippen molar-refractivity contribution in [3.63, 3.8) is 0 Å². The summed E-state index contributed by atoms with van der Waals surface area (Å²) in [6.45, 7) is 0.593. The number of methoxy groups -OCH3 is 1. The fraction of sp³-hybridized carbons (Fsp3) is 0.429. The van der Waals surface area contributed by atoms with Gasteiger partial charge in [0.25, 0.3) is 0 Å². The second-order valence-electron chi connectivity index (χ2n) is 4.32. The van der Waals surface area contributed by atoms with Crippen LogP contribution in [-0.2, 0) is 9.59 Å². The van der Waals surface area contributed by atoms with Crippen molar-refractivity contribution in [2.24, 2.45) is 5.73 Å². The number of hydrogen-bond acceptors (Lipinski definition) is 5. The van der Waals surface area contributed by atoms with Gasteiger partial charge >= 0.3 is 0 Å². The van der Waals surface area contributed by atoms with E-state index >= 15 is 0 Å². The second kappa shape index (κ2) is 10.7. The highest BCUT2D eigenvalue weighted by Crippen LogP contribution is 2.16. The third-order valence-corrected chi connectivity index (χ3v) is 2.80. The van der Waals surface area contributed by atoms with E-state index in [4.69, 9.17) is 15.2 Å². The number of hydrogen-bond donors (Lipinski definition) is 2. The molecule has 0 aliphatic rings. The summed E-state index contributed by atoms with van der Waals surface area (Å²) in [5.41, 5.74) is 5.13. The van der Waals surface area contributed by atoms with Gasteiger partial charge in [0, 0.05) is 7.05 Å². The maximum atomic E-state index is 11.7. The number of nitrogens with two attached hydrogens (primary N) is 1. The highest BCUT2D eigenvalue weighted by atomic mass is 35.5. The average Bonchev–Trinajstić information content (AvgIpc) is 2.52. The van der Waals surface area contributed by atoms with E-state index in [2.05, 4.69) is 5.32 Å². The molecule has 8 heteroatoms. The molecule has 0 spiro atoms. The first-order valence-electron chi connectivity index (χ1n) is 6.54. The molecule has 0 saturated carbocycles. The Morgan fingerprint density at radius 1 is 1.23 bits per heavy atom. The van der Waals surface area contributed by atoms with Crippen LogP contribution in [0.1, 0.15) is 0 Å². The lowest BCUT2D eigenvalue weighted by Gasteiger charge is -2.17. The number of nitrogens with one attached hydrogen (secondary N) is 1. The predicted molar refractivity (Wildman–Crippen MR) is 85.4 cm³/mol. The van der Waals surface area contributed by atoms with Gasteiger partial charge in [0.1, 0.15) is 18.1 Å². The zero-order valence-corrected chi connectivity index (χ0v) is 13.5. The third-order valence-electron chi connectivity index (χ3n) is 2.80. The molecule has 0 heterocycles. The Morgan fingerprint density at radius 3 is 2.36 bits per heavy atom. The van der Waals surface area contributed by atoms with Gasteiger partial charge in [0.05, 0.1) is 26.7 Å². The Kier molecular flexibility index (Phi) is 9.73. The van der Waals surface area contributed by atoms with Crippen LogP contribution in [-0.4, -0.2) is 57.1 Å². The summed E-state index contributed by atoms with van der Waals surface area (Å²) in [5.74, 6) is 0.903. The van der Waals surface area contributed by atoms with E-state index in [1.807, 2.05) is 0 Å². The van der Waals surface area contributed by atoms with Crippen LogP contribution >= 0.6 is 12.4 Å². The molecule has 0 aliphatic carbocycles. The molecule has 7 nitrogen and oxygen atoms in total. The fourth-order valence-corrected chi connectivity index (χ4v) is 1.48. The van der Waals surface area contributed by atoms with E-state index in [0.29, 0.717) is 18.9 Å². The standard InChI is InChI=1S/C14H21N3O4.ClH/c1-17(14(19)10-16-13(18)9-15)7-8-21-12-5-3-11(20-2)4-6-12;/h3-6H,7-10,15H2,1-2H3,(H,16,18);1H. The summed E-state index contributed by atoms with van der Waals surface area (Å²) in [4.78, 5) is 24.1. The first-order valence-corrected chi connectivity index (χ1v) is 6.54. The number of carbonyl (C=O) groups is 2. The molecule has 1 rings (SSSR count). The zero-order valence-electron chi connectivity index (χ0n) is 12.7. The lowest BCUT2D eigenvalue weighted by atomic mass is 10.3. The molecule has 2 amide bonds. The van der Waals surface area contributed by atoms with E-state index < -0.39 is 0 Å². The van der Waals surface area contributed by atoms with Gasteiger partial charge in [-0.1, -0.05) is 0 Å². The van der Waals surface area contributed by atoms with Crippen LogP contribution in [0.15, 0.2) is 24.3 Å². The molecular weight excluding hydrogens is 310 g/mol. The van der Waals surface area contributed by atoms with Crippen molar-refractivity contribution in [3.05, 3.63) is 24.3 Å². The van der Waals surface area contributed by atoms with Crippen LogP contribution in [0, 0.1) is 0 Å². The molecule has 3 N–H and O–H groups in total. The minimum Gasteiger partial charge on any atom is -0.497 e. The van der Waals surface area contributed by atoms with Gasteiger partial charge in [-0.25, -0.2) is 0 Å². The molecule has 0 unspecified atom stereocenters. The van der Waals surface area contributed by atoms with Crippen molar-refractivity contribution >= 4 is 24.2 Å². The van der Waals surface area contributed by atoms with Gasteiger partial charge in [-0.05, 0) is 24.3 Å². The number of likely N-dealkylation sites (N-methyl/N-ethyl adjacent to an activating group) is 1. The van der Waals surface area contributed by atoms with Crippen molar-refractivity contribution in [3.8, 4) is 11.5 Å². The van der Waals surface area contributed by atoms with E-state index in [-0.39, 0.29) is 37.3 Å². The first kappa shape index (κ1) is 20.0. The first-order chi connectivity index (χ1) is 10.1. The van der Waals surface area contributed by atoms with Crippen molar-refractivity contribution < 1.29 is 19.1 Å². The van der Waals surface area contributed by atoms with Crippen molar-refractivity contribution in [1.82, 2.24) is 10.2 Å². The highest BCUT2D eigenvalue weighted by molar-refractivity contribution is 5.85. The minimum atomic E-state index is -0.355. The fourth-order valence-electron chi connectivity index (χ4n) is 1.48. The summed E-state index contributed by atoms with van der Waals surface area (Å²) < 4.78 is 10.6. The summed E-state index contributed by atoms with van der Waals surface area (Å²) >= 11 is 0. The third kappa shape index (κ3) is 7.14. The number of ether oxygens (including phenoxy) is 2. The quantitative estimate of drug-likeness (QED) is 0.701. The Balaban J connectivity index is 0.00000441. The van der Waals surface area contributed by atoms with Crippen LogP contribution in [0.3, 0.4) is 0 Å². The van der Waals surface area contributed by atoms with Crippen LogP contribution in [0.25, 0.3) is 0 Å². The number of rotatable bonds is 8. The monoisotopic (exact) mass is 331 g/mol. The molecule has 0 aliphatic heterocycles. The van der Waals surface area contributed by atoms with Gasteiger partial charge in [0.2, 0.25) is 11.8 Å². The van der Waals surface area contributed by atoms with Crippen molar-refractivity contribution in [1.29, 1.82) is 0 Å². The zero-order chi connectivity index (χ0) is 15.7. The number of halogens is 1. The molecule has 1 aromatic carbocycles. The largest absolute Gasteiger partial charge is 0.497 e. The molecule has 0 bridgehead atoms. The Labute approximate surface area is 136 Å². The molecule has 0 saturated heterocycles. The van der Waals surface area contributed by atoms with Crippen LogP contribution in [0.5, 0.6) is 11.5 Å². The molecule has 0 fully saturated rings. The Morgan fingerprint density at radius 2 is 1.82 bits per heavy atom. The van der Waals surface area contributed by atoms with Crippen molar-refractivity contribution in [2.75, 3.05) is 40.4 Å². The molecule has 1 aromatic rings. The van der Waals surface area contributed by atoms with Gasteiger partial charge in [-0.3, -0.25) is 9.59 Å². The van der Waals surface area contributed by atoms with E-state index in [1.54, 1.807) is 38.4 Å².